The Kier molecular flexibility index (Phi) is 3.34. The van der Waals surface area contributed by atoms with Crippen LogP contribution in [0.25, 0.3) is 0 Å². The van der Waals surface area contributed by atoms with Crippen LogP contribution in [0, 0.1) is 0 Å². The van der Waals surface area contributed by atoms with Gasteiger partial charge in [0.15, 0.2) is 0 Å². The van der Waals surface area contributed by atoms with Crippen molar-refractivity contribution in [2.24, 2.45) is 0 Å². The van der Waals surface area contributed by atoms with E-state index in [2.05, 4.69) is 5.32 Å². The van der Waals surface area contributed by atoms with Gasteiger partial charge in [0.2, 0.25) is 0 Å². The number of hydrogen-bond donors (Lipinski definition) is 1. The Bertz CT molecular complexity index is 102. The molecule has 0 aromatic rings. The number of ether oxygens (including phenoxy) is 1. The van der Waals surface area contributed by atoms with Crippen LogP contribution in [-0.4, -0.2) is 25.3 Å². The van der Waals surface area contributed by atoms with Crippen molar-refractivity contribution < 1.29 is 4.74 Å². The maximum atomic E-state index is 5.26. The zero-order valence-corrected chi connectivity index (χ0v) is 7.65. The largest absolute Gasteiger partial charge is 0.381 e. The van der Waals surface area contributed by atoms with Crippen LogP contribution in [0.15, 0.2) is 0 Å². The molecule has 66 valence electrons. The monoisotopic (exact) mass is 157 g/mol. The van der Waals surface area contributed by atoms with Crippen molar-refractivity contribution >= 4 is 0 Å². The molecule has 2 nitrogen and oxygen atoms in total. The lowest BCUT2D eigenvalue weighted by Gasteiger charge is -2.45. The molecular formula is C9H19NO. The summed E-state index contributed by atoms with van der Waals surface area (Å²) in [7, 11) is 0. The van der Waals surface area contributed by atoms with Gasteiger partial charge in [0, 0.05) is 18.8 Å². The van der Waals surface area contributed by atoms with Crippen molar-refractivity contribution in [3.8, 4) is 0 Å². The van der Waals surface area contributed by atoms with Crippen LogP contribution in [0.2, 0.25) is 0 Å². The van der Waals surface area contributed by atoms with Gasteiger partial charge in [-0.1, -0.05) is 13.8 Å². The second-order valence-corrected chi connectivity index (χ2v) is 3.07. The average molecular weight is 157 g/mol. The first kappa shape index (κ1) is 9.01. The summed E-state index contributed by atoms with van der Waals surface area (Å²) in [5, 5.41) is 3.48. The summed E-state index contributed by atoms with van der Waals surface area (Å²) in [4.78, 5) is 0. The third-order valence-corrected chi connectivity index (χ3v) is 2.55. The Morgan fingerprint density at radius 2 is 1.64 bits per heavy atom. The van der Waals surface area contributed by atoms with Crippen LogP contribution in [0.1, 0.15) is 33.1 Å². The fraction of sp³-hybridized carbons (Fsp3) is 1.00. The number of nitrogens with one attached hydrogen (secondary N) is 1. The van der Waals surface area contributed by atoms with E-state index in [9.17, 15) is 0 Å². The lowest BCUT2D eigenvalue weighted by atomic mass is 9.81. The topological polar surface area (TPSA) is 21.3 Å². The van der Waals surface area contributed by atoms with Crippen LogP contribution in [0.4, 0.5) is 0 Å². The molecule has 0 aliphatic carbocycles. The zero-order valence-electron chi connectivity index (χ0n) is 7.65. The fourth-order valence-electron chi connectivity index (χ4n) is 1.67. The molecule has 0 unspecified atom stereocenters. The van der Waals surface area contributed by atoms with Gasteiger partial charge in [0.05, 0.1) is 0 Å². The van der Waals surface area contributed by atoms with Crippen LogP contribution < -0.4 is 5.32 Å². The Hall–Kier alpha value is -0.0800. The number of rotatable bonds is 0. The van der Waals surface area contributed by atoms with E-state index < -0.39 is 0 Å². The van der Waals surface area contributed by atoms with E-state index in [4.69, 9.17) is 4.74 Å². The van der Waals surface area contributed by atoms with Gasteiger partial charge in [-0.2, -0.15) is 0 Å². The molecule has 2 heteroatoms. The maximum Gasteiger partial charge on any atom is 0.0483 e. The summed E-state index contributed by atoms with van der Waals surface area (Å²) in [6.45, 7) is 7.15. The number of hydrogen-bond acceptors (Lipinski definition) is 2. The molecule has 11 heavy (non-hydrogen) atoms. The molecule has 0 bridgehead atoms. The highest BCUT2D eigenvalue weighted by Gasteiger charge is 2.37. The smallest absolute Gasteiger partial charge is 0.0483 e. The molecule has 2 fully saturated rings. The van der Waals surface area contributed by atoms with Crippen LogP contribution >= 0.6 is 0 Å². The first-order chi connectivity index (χ1) is 5.41. The van der Waals surface area contributed by atoms with Crippen molar-refractivity contribution in [2.75, 3.05) is 19.8 Å². The highest BCUT2D eigenvalue weighted by atomic mass is 16.5. The second kappa shape index (κ2) is 4.07. The summed E-state index contributed by atoms with van der Waals surface area (Å²) in [5.41, 5.74) is 0.526. The van der Waals surface area contributed by atoms with Gasteiger partial charge in [-0.15, -0.1) is 0 Å². The quantitative estimate of drug-likeness (QED) is 0.576. The molecule has 1 N–H and O–H groups in total. The minimum absolute atomic E-state index is 0.526. The van der Waals surface area contributed by atoms with E-state index in [1.807, 2.05) is 13.8 Å². The highest BCUT2D eigenvalue weighted by Crippen LogP contribution is 2.29. The third-order valence-electron chi connectivity index (χ3n) is 2.55. The van der Waals surface area contributed by atoms with E-state index in [0.717, 1.165) is 13.2 Å². The molecule has 0 saturated carbocycles. The maximum absolute atomic E-state index is 5.26. The second-order valence-electron chi connectivity index (χ2n) is 3.07. The summed E-state index contributed by atoms with van der Waals surface area (Å²) < 4.78 is 5.26. The molecule has 2 saturated heterocycles. The van der Waals surface area contributed by atoms with Crippen LogP contribution in [-0.2, 0) is 4.74 Å². The zero-order chi connectivity index (χ0) is 8.16. The minimum atomic E-state index is 0.526. The Balaban J connectivity index is 0.000000281. The molecule has 2 rings (SSSR count). The summed E-state index contributed by atoms with van der Waals surface area (Å²) in [6, 6.07) is 0. The van der Waals surface area contributed by atoms with Gasteiger partial charge in [0.1, 0.15) is 0 Å². The Labute approximate surface area is 69.3 Å². The van der Waals surface area contributed by atoms with Crippen LogP contribution in [0.3, 0.4) is 0 Å². The van der Waals surface area contributed by atoms with Gasteiger partial charge >= 0.3 is 0 Å². The molecule has 0 amide bonds. The fourth-order valence-corrected chi connectivity index (χ4v) is 1.67. The molecule has 2 aliphatic heterocycles. The Morgan fingerprint density at radius 1 is 1.09 bits per heavy atom. The van der Waals surface area contributed by atoms with E-state index in [1.165, 1.54) is 25.8 Å². The average Bonchev–Trinajstić information content (AvgIpc) is 2.07. The van der Waals surface area contributed by atoms with Gasteiger partial charge in [-0.05, 0) is 25.8 Å². The molecule has 0 aromatic carbocycles. The predicted molar refractivity (Wildman–Crippen MR) is 46.8 cm³/mol. The molecule has 0 radical (unpaired) electrons. The van der Waals surface area contributed by atoms with Crippen molar-refractivity contribution in [1.29, 1.82) is 0 Å². The van der Waals surface area contributed by atoms with Crippen LogP contribution in [0.5, 0.6) is 0 Å². The highest BCUT2D eigenvalue weighted by molar-refractivity contribution is 4.97. The predicted octanol–water partition coefficient (Wildman–Crippen LogP) is 1.56. The molecular weight excluding hydrogens is 138 g/mol. The minimum Gasteiger partial charge on any atom is -0.381 e. The summed E-state index contributed by atoms with van der Waals surface area (Å²) >= 11 is 0. The van der Waals surface area contributed by atoms with E-state index in [0.29, 0.717) is 5.54 Å². The van der Waals surface area contributed by atoms with Gasteiger partial charge in [-0.25, -0.2) is 0 Å². The standard InChI is InChI=1S/C7H13NO.C2H6/c1-4-8-7(1)2-5-9-6-3-7;1-2/h8H,1-6H2;1-2H3. The third kappa shape index (κ3) is 1.94. The van der Waals surface area contributed by atoms with Crippen molar-refractivity contribution in [3.05, 3.63) is 0 Å². The van der Waals surface area contributed by atoms with Crippen molar-refractivity contribution in [2.45, 2.75) is 38.6 Å². The van der Waals surface area contributed by atoms with E-state index >= 15 is 0 Å². The summed E-state index contributed by atoms with van der Waals surface area (Å²) in [6.07, 6.45) is 3.83. The lowest BCUT2D eigenvalue weighted by Crippen LogP contribution is -2.59. The molecule has 0 atom stereocenters. The van der Waals surface area contributed by atoms with Gasteiger partial charge in [0.25, 0.3) is 0 Å². The first-order valence-electron chi connectivity index (χ1n) is 4.74. The molecule has 1 spiro atoms. The van der Waals surface area contributed by atoms with Gasteiger partial charge in [-0.3, -0.25) is 0 Å². The lowest BCUT2D eigenvalue weighted by molar-refractivity contribution is 0.00983. The molecule has 0 aromatic heterocycles. The van der Waals surface area contributed by atoms with E-state index in [1.54, 1.807) is 0 Å². The Morgan fingerprint density at radius 3 is 1.91 bits per heavy atom. The SMILES string of the molecule is C1CC2(CCOCC2)N1.CC. The summed E-state index contributed by atoms with van der Waals surface area (Å²) in [5.74, 6) is 0. The normalized spacial score (nSPS) is 26.7. The van der Waals surface area contributed by atoms with Crippen molar-refractivity contribution in [1.82, 2.24) is 5.32 Å². The molecule has 2 heterocycles. The molecule has 2 aliphatic rings. The van der Waals surface area contributed by atoms with Gasteiger partial charge < -0.3 is 10.1 Å². The first-order valence-corrected chi connectivity index (χ1v) is 4.74. The van der Waals surface area contributed by atoms with Crippen molar-refractivity contribution in [3.63, 3.8) is 0 Å². The van der Waals surface area contributed by atoms with E-state index in [-0.39, 0.29) is 0 Å².